The molecule has 0 unspecified atom stereocenters. The number of methoxy groups -OCH3 is 1. The maximum absolute atomic E-state index is 13.5. The van der Waals surface area contributed by atoms with Gasteiger partial charge in [0.05, 0.1) is 32.0 Å². The van der Waals surface area contributed by atoms with Gasteiger partial charge in [-0.1, -0.05) is 19.1 Å². The molecule has 1 N–H and O–H groups in total. The van der Waals surface area contributed by atoms with Crippen molar-refractivity contribution >= 4 is 5.78 Å². The van der Waals surface area contributed by atoms with Gasteiger partial charge >= 0.3 is 0 Å². The number of ether oxygens (including phenoxy) is 3. The van der Waals surface area contributed by atoms with Crippen molar-refractivity contribution in [2.24, 2.45) is 11.8 Å². The van der Waals surface area contributed by atoms with Crippen LogP contribution in [0.3, 0.4) is 0 Å². The van der Waals surface area contributed by atoms with Gasteiger partial charge in [-0.05, 0) is 42.9 Å². The van der Waals surface area contributed by atoms with Crippen LogP contribution >= 0.6 is 0 Å². The van der Waals surface area contributed by atoms with Crippen LogP contribution in [0.15, 0.2) is 36.1 Å². The second kappa shape index (κ2) is 6.39. The fourth-order valence-corrected chi connectivity index (χ4v) is 5.39. The van der Waals surface area contributed by atoms with Crippen molar-refractivity contribution in [1.82, 2.24) is 0 Å². The molecule has 140 valence electrons. The lowest BCUT2D eigenvalue weighted by Crippen LogP contribution is -2.59. The highest BCUT2D eigenvalue weighted by atomic mass is 16.7. The summed E-state index contributed by atoms with van der Waals surface area (Å²) < 4.78 is 17.3. The van der Waals surface area contributed by atoms with Crippen molar-refractivity contribution in [2.45, 2.75) is 43.8 Å². The highest BCUT2D eigenvalue weighted by Crippen LogP contribution is 2.58. The highest BCUT2D eigenvalue weighted by Gasteiger charge is 2.61. The number of aliphatic hydroxyl groups excluding tert-OH is 1. The molecule has 1 aromatic carbocycles. The summed E-state index contributed by atoms with van der Waals surface area (Å²) in [4.78, 5) is 13.5. The van der Waals surface area contributed by atoms with Crippen LogP contribution in [0, 0.1) is 11.8 Å². The Bertz CT molecular complexity index is 716. The summed E-state index contributed by atoms with van der Waals surface area (Å²) in [5.41, 5.74) is 0.875. The zero-order valence-corrected chi connectivity index (χ0v) is 15.4. The summed E-state index contributed by atoms with van der Waals surface area (Å²) in [5.74, 6) is 0.456. The molecule has 26 heavy (non-hydrogen) atoms. The van der Waals surface area contributed by atoms with Crippen molar-refractivity contribution in [2.75, 3.05) is 20.3 Å². The van der Waals surface area contributed by atoms with Crippen molar-refractivity contribution in [3.8, 4) is 5.75 Å². The number of hydrogen-bond donors (Lipinski definition) is 1. The Kier molecular flexibility index (Phi) is 4.32. The molecule has 4 rings (SSSR count). The van der Waals surface area contributed by atoms with E-state index in [-0.39, 0.29) is 17.6 Å². The second-order valence-corrected chi connectivity index (χ2v) is 7.63. The molecular formula is C21H26O5. The maximum atomic E-state index is 13.5. The predicted octanol–water partition coefficient (Wildman–Crippen LogP) is 3.53. The maximum Gasteiger partial charge on any atom is 0.172 e. The van der Waals surface area contributed by atoms with Crippen molar-refractivity contribution in [3.05, 3.63) is 41.7 Å². The minimum Gasteiger partial charge on any atom is -0.515 e. The SMILES string of the molecule is COc1ccc([C@]23CCC4(OCCO4)[C@@H](C)[C@@H]2CCC(=CO)C3=O)cc1. The van der Waals surface area contributed by atoms with Gasteiger partial charge in [0.15, 0.2) is 11.6 Å². The lowest BCUT2D eigenvalue weighted by atomic mass is 9.51. The van der Waals surface area contributed by atoms with Gasteiger partial charge in [0.2, 0.25) is 0 Å². The van der Waals surface area contributed by atoms with Crippen LogP contribution in [0.2, 0.25) is 0 Å². The Hall–Kier alpha value is -1.85. The van der Waals surface area contributed by atoms with Crippen LogP contribution in [-0.2, 0) is 19.7 Å². The third-order valence-corrected chi connectivity index (χ3v) is 6.76. The fourth-order valence-electron chi connectivity index (χ4n) is 5.39. The molecule has 0 aromatic heterocycles. The number of rotatable bonds is 2. The first-order chi connectivity index (χ1) is 12.6. The van der Waals surface area contributed by atoms with Gasteiger partial charge in [-0.25, -0.2) is 0 Å². The van der Waals surface area contributed by atoms with Crippen molar-refractivity contribution < 1.29 is 24.1 Å². The van der Waals surface area contributed by atoms with Gasteiger partial charge in [0.25, 0.3) is 0 Å². The highest BCUT2D eigenvalue weighted by molar-refractivity contribution is 6.04. The summed E-state index contributed by atoms with van der Waals surface area (Å²) in [6.45, 7) is 3.37. The largest absolute Gasteiger partial charge is 0.515 e. The average molecular weight is 358 g/mol. The molecule has 0 amide bonds. The number of hydrogen-bond acceptors (Lipinski definition) is 5. The Labute approximate surface area is 153 Å². The van der Waals surface area contributed by atoms with E-state index in [0.29, 0.717) is 38.0 Å². The Morgan fingerprint density at radius 1 is 1.19 bits per heavy atom. The average Bonchev–Trinajstić information content (AvgIpc) is 3.15. The van der Waals surface area contributed by atoms with E-state index in [1.807, 2.05) is 24.3 Å². The summed E-state index contributed by atoms with van der Waals surface area (Å²) in [7, 11) is 1.63. The molecule has 5 heteroatoms. The van der Waals surface area contributed by atoms with Crippen LogP contribution in [-0.4, -0.2) is 37.0 Å². The van der Waals surface area contributed by atoms with Gasteiger partial charge in [0, 0.05) is 17.9 Å². The summed E-state index contributed by atoms with van der Waals surface area (Å²) in [6.07, 6.45) is 3.77. The molecular weight excluding hydrogens is 332 g/mol. The molecule has 3 fully saturated rings. The first-order valence-corrected chi connectivity index (χ1v) is 9.38. The summed E-state index contributed by atoms with van der Waals surface area (Å²) in [5, 5.41) is 9.61. The number of benzene rings is 1. The molecule has 0 bridgehead atoms. The normalized spacial score (nSPS) is 34.8. The van der Waals surface area contributed by atoms with Crippen molar-refractivity contribution in [1.29, 1.82) is 0 Å². The molecule has 2 aliphatic carbocycles. The molecule has 1 aliphatic heterocycles. The molecule has 1 saturated heterocycles. The molecule has 0 radical (unpaired) electrons. The van der Waals surface area contributed by atoms with Crippen LogP contribution < -0.4 is 4.74 Å². The minimum absolute atomic E-state index is 0.0427. The van der Waals surface area contributed by atoms with Gasteiger partial charge in [-0.3, -0.25) is 4.79 Å². The quantitative estimate of drug-likeness (QED) is 0.647. The molecule has 1 spiro atoms. The van der Waals surface area contributed by atoms with E-state index in [1.165, 1.54) is 0 Å². The van der Waals surface area contributed by atoms with Crippen LogP contribution in [0.5, 0.6) is 5.75 Å². The number of fused-ring (bicyclic) bond motifs is 1. The summed E-state index contributed by atoms with van der Waals surface area (Å²) >= 11 is 0. The molecule has 1 aromatic rings. The van der Waals surface area contributed by atoms with E-state index in [9.17, 15) is 9.90 Å². The predicted molar refractivity (Wildman–Crippen MR) is 96.1 cm³/mol. The number of ketones is 1. The van der Waals surface area contributed by atoms with Gasteiger partial charge in [-0.2, -0.15) is 0 Å². The fraction of sp³-hybridized carbons (Fsp3) is 0.571. The van der Waals surface area contributed by atoms with E-state index < -0.39 is 11.2 Å². The van der Waals surface area contributed by atoms with Crippen LogP contribution in [0.4, 0.5) is 0 Å². The van der Waals surface area contributed by atoms with E-state index in [4.69, 9.17) is 14.2 Å². The number of carbonyl (C=O) groups excluding carboxylic acids is 1. The second-order valence-electron chi connectivity index (χ2n) is 7.63. The molecule has 1 heterocycles. The molecule has 5 nitrogen and oxygen atoms in total. The van der Waals surface area contributed by atoms with E-state index in [2.05, 4.69) is 6.92 Å². The number of aliphatic hydroxyl groups is 1. The van der Waals surface area contributed by atoms with E-state index in [1.54, 1.807) is 7.11 Å². The molecule has 2 saturated carbocycles. The number of allylic oxidation sites excluding steroid dienone is 1. The van der Waals surface area contributed by atoms with Crippen LogP contribution in [0.1, 0.15) is 38.2 Å². The van der Waals surface area contributed by atoms with Gasteiger partial charge in [0.1, 0.15) is 5.75 Å². The third-order valence-electron chi connectivity index (χ3n) is 6.76. The molecule has 3 atom stereocenters. The Balaban J connectivity index is 1.81. The third kappa shape index (κ3) is 2.33. The smallest absolute Gasteiger partial charge is 0.172 e. The van der Waals surface area contributed by atoms with Gasteiger partial charge < -0.3 is 19.3 Å². The molecule has 3 aliphatic rings. The topological polar surface area (TPSA) is 65.0 Å². The lowest BCUT2D eigenvalue weighted by molar-refractivity contribution is -0.234. The van der Waals surface area contributed by atoms with Gasteiger partial charge in [-0.15, -0.1) is 0 Å². The van der Waals surface area contributed by atoms with Crippen molar-refractivity contribution in [3.63, 3.8) is 0 Å². The number of carbonyl (C=O) groups is 1. The zero-order chi connectivity index (χ0) is 18.4. The monoisotopic (exact) mass is 358 g/mol. The van der Waals surface area contributed by atoms with E-state index in [0.717, 1.165) is 24.0 Å². The van der Waals surface area contributed by atoms with Crippen LogP contribution in [0.25, 0.3) is 0 Å². The first kappa shape index (κ1) is 17.6. The summed E-state index contributed by atoms with van der Waals surface area (Å²) in [6, 6.07) is 7.79. The first-order valence-electron chi connectivity index (χ1n) is 9.38. The number of Topliss-reactive ketones (excluding diaryl/α,β-unsaturated/α-hetero) is 1. The zero-order valence-electron chi connectivity index (χ0n) is 15.4. The minimum atomic E-state index is -0.640. The Morgan fingerprint density at radius 2 is 1.88 bits per heavy atom. The lowest BCUT2D eigenvalue weighted by Gasteiger charge is -2.55. The van der Waals surface area contributed by atoms with E-state index >= 15 is 0 Å². The Morgan fingerprint density at radius 3 is 2.50 bits per heavy atom. The standard InChI is InChI=1S/C21H26O5/c1-14-18-8-3-15(13-22)19(23)20(18,9-10-21(14)25-11-12-26-21)16-4-6-17(24-2)7-5-16/h4-7,13-14,18,22H,3,8-12H2,1-2H3/t14-,18-,20+/m0/s1.